The molecule has 1 N–H and O–H groups in total. The summed E-state index contributed by atoms with van der Waals surface area (Å²) in [4.78, 5) is 25.9. The number of aryl methyl sites for hydroxylation is 1. The minimum atomic E-state index is -0.536. The van der Waals surface area contributed by atoms with Crippen LogP contribution in [0.1, 0.15) is 45.9 Å². The van der Waals surface area contributed by atoms with Crippen molar-refractivity contribution in [3.8, 4) is 11.4 Å². The predicted octanol–water partition coefficient (Wildman–Crippen LogP) is 3.93. The van der Waals surface area contributed by atoms with Gasteiger partial charge in [-0.15, -0.1) is 0 Å². The molecule has 7 heteroatoms. The fourth-order valence-electron chi connectivity index (χ4n) is 3.64. The zero-order chi connectivity index (χ0) is 19.9. The number of ether oxygens (including phenoxy) is 1. The maximum Gasteiger partial charge on any atom is 0.408 e. The zero-order valence-corrected chi connectivity index (χ0v) is 16.7. The van der Waals surface area contributed by atoms with Gasteiger partial charge in [0.2, 0.25) is 0 Å². The molecule has 1 aliphatic rings. The quantitative estimate of drug-likeness (QED) is 0.745. The Balaban J connectivity index is 1.70. The molecular weight excluding hydrogens is 354 g/mol. The number of hydrogen-bond acceptors (Lipinski definition) is 5. The number of nitrogens with one attached hydrogen (secondary N) is 1. The van der Waals surface area contributed by atoms with Crippen LogP contribution in [0.3, 0.4) is 0 Å². The van der Waals surface area contributed by atoms with Gasteiger partial charge in [-0.25, -0.2) is 19.7 Å². The molecular formula is C21H25N5O2. The van der Waals surface area contributed by atoms with Crippen LogP contribution in [0.25, 0.3) is 22.4 Å². The molecule has 1 saturated carbocycles. The van der Waals surface area contributed by atoms with Gasteiger partial charge in [-0.3, -0.25) is 0 Å². The number of carbonyl (C=O) groups is 1. The van der Waals surface area contributed by atoms with Gasteiger partial charge in [0.15, 0.2) is 5.82 Å². The monoisotopic (exact) mass is 379 g/mol. The number of fused-ring (bicyclic) bond motifs is 1. The normalized spacial score (nSPS) is 15.9. The van der Waals surface area contributed by atoms with Gasteiger partial charge >= 0.3 is 6.09 Å². The first kappa shape index (κ1) is 18.4. The Hall–Kier alpha value is -2.96. The third kappa shape index (κ3) is 3.32. The standard InChI is InChI=1S/C21H25N5O2/c1-20(2,3)28-19(27)25-21(9-5-10-21)18-24-15-8-7-14(13-16(15)26(18)4)17-22-11-6-12-23-17/h6-8,11-13H,5,9-10H2,1-4H3,(H,25,27). The Labute approximate surface area is 164 Å². The van der Waals surface area contributed by atoms with Crippen molar-refractivity contribution < 1.29 is 9.53 Å². The molecule has 28 heavy (non-hydrogen) atoms. The topological polar surface area (TPSA) is 81.9 Å². The highest BCUT2D eigenvalue weighted by Crippen LogP contribution is 2.42. The molecule has 7 nitrogen and oxygen atoms in total. The highest BCUT2D eigenvalue weighted by atomic mass is 16.6. The summed E-state index contributed by atoms with van der Waals surface area (Å²) in [6.45, 7) is 5.59. The molecule has 1 fully saturated rings. The first-order chi connectivity index (χ1) is 13.3. The first-order valence-corrected chi connectivity index (χ1v) is 9.53. The molecule has 1 aliphatic carbocycles. The van der Waals surface area contributed by atoms with E-state index in [0.29, 0.717) is 5.82 Å². The van der Waals surface area contributed by atoms with Gasteiger partial charge in [-0.1, -0.05) is 0 Å². The van der Waals surface area contributed by atoms with E-state index in [1.54, 1.807) is 18.5 Å². The lowest BCUT2D eigenvalue weighted by Gasteiger charge is -2.41. The summed E-state index contributed by atoms with van der Waals surface area (Å²) in [6.07, 6.45) is 5.79. The Morgan fingerprint density at radius 3 is 2.54 bits per heavy atom. The summed E-state index contributed by atoms with van der Waals surface area (Å²) in [7, 11) is 1.98. The number of alkyl carbamates (subject to hydrolysis) is 1. The second-order valence-electron chi connectivity index (χ2n) is 8.33. The van der Waals surface area contributed by atoms with E-state index in [1.807, 2.05) is 46.0 Å². The number of carbonyl (C=O) groups excluding carboxylic acids is 1. The van der Waals surface area contributed by atoms with Crippen molar-refractivity contribution in [2.75, 3.05) is 0 Å². The largest absolute Gasteiger partial charge is 0.444 e. The molecule has 0 radical (unpaired) electrons. The minimum absolute atomic E-state index is 0.405. The average molecular weight is 379 g/mol. The van der Waals surface area contributed by atoms with Gasteiger partial charge in [-0.05, 0) is 64.3 Å². The van der Waals surface area contributed by atoms with Crippen LogP contribution >= 0.6 is 0 Å². The third-order valence-corrected chi connectivity index (χ3v) is 5.08. The molecule has 0 unspecified atom stereocenters. The maximum atomic E-state index is 12.4. The molecule has 0 bridgehead atoms. The summed E-state index contributed by atoms with van der Waals surface area (Å²) < 4.78 is 7.53. The van der Waals surface area contributed by atoms with E-state index >= 15 is 0 Å². The molecule has 0 spiro atoms. The van der Waals surface area contributed by atoms with Crippen molar-refractivity contribution in [1.82, 2.24) is 24.8 Å². The van der Waals surface area contributed by atoms with Crippen LogP contribution < -0.4 is 5.32 Å². The number of imidazole rings is 1. The Bertz CT molecular complexity index is 1020. The Morgan fingerprint density at radius 2 is 1.93 bits per heavy atom. The molecule has 2 heterocycles. The number of rotatable bonds is 3. The summed E-state index contributed by atoms with van der Waals surface area (Å²) in [5, 5.41) is 3.08. The summed E-state index contributed by atoms with van der Waals surface area (Å²) in [6, 6.07) is 7.79. The van der Waals surface area contributed by atoms with Crippen molar-refractivity contribution in [1.29, 1.82) is 0 Å². The van der Waals surface area contributed by atoms with Crippen LogP contribution in [0, 0.1) is 0 Å². The van der Waals surface area contributed by atoms with Crippen molar-refractivity contribution in [2.24, 2.45) is 7.05 Å². The molecule has 3 aromatic rings. The second kappa shape index (κ2) is 6.58. The summed E-state index contributed by atoms with van der Waals surface area (Å²) in [5.41, 5.74) is 1.78. The lowest BCUT2D eigenvalue weighted by Crippen LogP contribution is -2.53. The fourth-order valence-corrected chi connectivity index (χ4v) is 3.64. The van der Waals surface area contributed by atoms with Crippen LogP contribution in [0.5, 0.6) is 0 Å². The highest BCUT2D eigenvalue weighted by molar-refractivity contribution is 5.81. The maximum absolute atomic E-state index is 12.4. The molecule has 1 amide bonds. The average Bonchev–Trinajstić information content (AvgIpc) is 2.94. The minimum Gasteiger partial charge on any atom is -0.444 e. The first-order valence-electron chi connectivity index (χ1n) is 9.53. The van der Waals surface area contributed by atoms with Gasteiger partial charge in [0, 0.05) is 25.0 Å². The molecule has 1 aromatic carbocycles. The predicted molar refractivity (Wildman–Crippen MR) is 107 cm³/mol. The highest BCUT2D eigenvalue weighted by Gasteiger charge is 2.44. The smallest absolute Gasteiger partial charge is 0.408 e. The van der Waals surface area contributed by atoms with Crippen LogP contribution in [0.15, 0.2) is 36.7 Å². The van der Waals surface area contributed by atoms with E-state index in [1.165, 1.54) is 0 Å². The Kier molecular flexibility index (Phi) is 4.33. The van der Waals surface area contributed by atoms with Gasteiger partial charge in [-0.2, -0.15) is 0 Å². The molecule has 4 rings (SSSR count). The number of amides is 1. The number of hydrogen-bond donors (Lipinski definition) is 1. The number of aromatic nitrogens is 4. The summed E-state index contributed by atoms with van der Waals surface area (Å²) >= 11 is 0. The van der Waals surface area contributed by atoms with Crippen molar-refractivity contribution in [3.05, 3.63) is 42.5 Å². The zero-order valence-electron chi connectivity index (χ0n) is 16.7. The van der Waals surface area contributed by atoms with Gasteiger partial charge in [0.25, 0.3) is 0 Å². The molecule has 2 aromatic heterocycles. The van der Waals surface area contributed by atoms with Crippen molar-refractivity contribution >= 4 is 17.1 Å². The van der Waals surface area contributed by atoms with Gasteiger partial charge < -0.3 is 14.6 Å². The van der Waals surface area contributed by atoms with Crippen LogP contribution in [0.2, 0.25) is 0 Å². The van der Waals surface area contributed by atoms with E-state index < -0.39 is 17.2 Å². The Morgan fingerprint density at radius 1 is 1.21 bits per heavy atom. The van der Waals surface area contributed by atoms with Crippen LogP contribution in [-0.2, 0) is 17.3 Å². The lowest BCUT2D eigenvalue weighted by molar-refractivity contribution is 0.0362. The van der Waals surface area contributed by atoms with Crippen LogP contribution in [0.4, 0.5) is 4.79 Å². The fraction of sp³-hybridized carbons (Fsp3) is 0.429. The van der Waals surface area contributed by atoms with Gasteiger partial charge in [0.05, 0.1) is 11.0 Å². The van der Waals surface area contributed by atoms with E-state index in [4.69, 9.17) is 9.72 Å². The number of benzene rings is 1. The van der Waals surface area contributed by atoms with Gasteiger partial charge in [0.1, 0.15) is 17.0 Å². The molecule has 0 atom stereocenters. The van der Waals surface area contributed by atoms with E-state index in [-0.39, 0.29) is 0 Å². The summed E-state index contributed by atoms with van der Waals surface area (Å²) in [5.74, 6) is 1.53. The van der Waals surface area contributed by atoms with Crippen LogP contribution in [-0.4, -0.2) is 31.2 Å². The number of nitrogens with zero attached hydrogens (tertiary/aromatic N) is 4. The van der Waals surface area contributed by atoms with E-state index in [2.05, 4.69) is 19.9 Å². The lowest BCUT2D eigenvalue weighted by atomic mass is 9.76. The van der Waals surface area contributed by atoms with Crippen molar-refractivity contribution in [2.45, 2.75) is 51.2 Å². The van der Waals surface area contributed by atoms with E-state index in [9.17, 15) is 4.79 Å². The SMILES string of the molecule is Cn1c(C2(NC(=O)OC(C)(C)C)CCC2)nc2ccc(-c3ncccn3)cc21. The van der Waals surface area contributed by atoms with E-state index in [0.717, 1.165) is 41.7 Å². The molecule has 146 valence electrons. The molecule has 0 saturated heterocycles. The molecule has 0 aliphatic heterocycles. The second-order valence-corrected chi connectivity index (χ2v) is 8.33. The third-order valence-electron chi connectivity index (χ3n) is 5.08. The van der Waals surface area contributed by atoms with Crippen molar-refractivity contribution in [3.63, 3.8) is 0 Å².